The van der Waals surface area contributed by atoms with Gasteiger partial charge in [-0.3, -0.25) is 9.59 Å². The summed E-state index contributed by atoms with van der Waals surface area (Å²) in [5.74, 6) is -0.195. The van der Waals surface area contributed by atoms with Crippen LogP contribution in [0.4, 0.5) is 0 Å². The van der Waals surface area contributed by atoms with Crippen LogP contribution < -0.4 is 5.32 Å². The maximum atomic E-state index is 11.5. The Bertz CT molecular complexity index is 242. The fourth-order valence-electron chi connectivity index (χ4n) is 1.80. The Balaban J connectivity index is 2.58. The number of likely N-dealkylation sites (tertiary alicyclic amines) is 1. The van der Waals surface area contributed by atoms with E-state index >= 15 is 0 Å². The van der Waals surface area contributed by atoms with Crippen molar-refractivity contribution < 1.29 is 14.4 Å². The van der Waals surface area contributed by atoms with Crippen LogP contribution >= 0.6 is 0 Å². The van der Waals surface area contributed by atoms with E-state index in [1.165, 1.54) is 0 Å². The third-order valence-electron chi connectivity index (χ3n) is 2.49. The molecule has 1 N–H and O–H groups in total. The highest BCUT2D eigenvalue weighted by atomic mass is 16.2. The maximum absolute atomic E-state index is 11.5. The van der Waals surface area contributed by atoms with Crippen LogP contribution in [0.5, 0.6) is 0 Å². The topological polar surface area (TPSA) is 66.5 Å². The normalized spacial score (nSPS) is 25.9. The lowest BCUT2D eigenvalue weighted by molar-refractivity contribution is -0.136. The summed E-state index contributed by atoms with van der Waals surface area (Å²) in [6.45, 7) is 1.88. The van der Waals surface area contributed by atoms with Crippen LogP contribution in [-0.2, 0) is 14.4 Å². The minimum absolute atomic E-state index is 0.0296. The van der Waals surface area contributed by atoms with Crippen molar-refractivity contribution in [3.05, 3.63) is 0 Å². The van der Waals surface area contributed by atoms with Gasteiger partial charge in [0.05, 0.1) is 12.6 Å². The van der Waals surface area contributed by atoms with Gasteiger partial charge in [-0.15, -0.1) is 0 Å². The quantitative estimate of drug-likeness (QED) is 0.608. The van der Waals surface area contributed by atoms with E-state index < -0.39 is 0 Å². The Morgan fingerprint density at radius 3 is 2.79 bits per heavy atom. The molecule has 0 saturated carbocycles. The molecule has 0 spiro atoms. The predicted octanol–water partition coefficient (Wildman–Crippen LogP) is -0.689. The van der Waals surface area contributed by atoms with Crippen LogP contribution in [0.25, 0.3) is 0 Å². The number of amides is 2. The molecule has 0 aliphatic carbocycles. The zero-order chi connectivity index (χ0) is 10.6. The molecule has 1 fully saturated rings. The Morgan fingerprint density at radius 1 is 1.50 bits per heavy atom. The average Bonchev–Trinajstić information content (AvgIpc) is 2.56. The number of hydrogen-bond acceptors (Lipinski definition) is 3. The molecule has 2 amide bonds. The molecule has 0 radical (unpaired) electrons. The van der Waals surface area contributed by atoms with Crippen LogP contribution in [-0.4, -0.2) is 42.1 Å². The predicted molar refractivity (Wildman–Crippen MR) is 49.5 cm³/mol. The van der Waals surface area contributed by atoms with E-state index in [0.717, 1.165) is 19.1 Å². The molecule has 1 saturated heterocycles. The summed E-state index contributed by atoms with van der Waals surface area (Å²) in [4.78, 5) is 33.7. The molecular formula is C9H14N2O3. The fraction of sp³-hybridized carbons (Fsp3) is 0.667. The zero-order valence-corrected chi connectivity index (χ0v) is 8.10. The van der Waals surface area contributed by atoms with Gasteiger partial charge in [-0.05, 0) is 19.8 Å². The van der Waals surface area contributed by atoms with Crippen LogP contribution in [0.3, 0.4) is 0 Å². The van der Waals surface area contributed by atoms with Gasteiger partial charge in [0.2, 0.25) is 12.3 Å². The van der Waals surface area contributed by atoms with E-state index in [-0.39, 0.29) is 24.5 Å². The van der Waals surface area contributed by atoms with E-state index in [1.54, 1.807) is 4.90 Å². The van der Waals surface area contributed by atoms with E-state index in [2.05, 4.69) is 5.32 Å². The number of aldehydes is 1. The Labute approximate surface area is 82.4 Å². The van der Waals surface area contributed by atoms with Crippen LogP contribution in [0.1, 0.15) is 19.8 Å². The van der Waals surface area contributed by atoms with Gasteiger partial charge in [-0.1, -0.05) is 0 Å². The molecule has 14 heavy (non-hydrogen) atoms. The number of carbonyl (C=O) groups is 3. The lowest BCUT2D eigenvalue weighted by Gasteiger charge is -2.25. The second-order valence-electron chi connectivity index (χ2n) is 3.43. The monoisotopic (exact) mass is 198 g/mol. The zero-order valence-electron chi connectivity index (χ0n) is 8.10. The molecule has 0 aromatic heterocycles. The summed E-state index contributed by atoms with van der Waals surface area (Å²) in [7, 11) is 0. The first kappa shape index (κ1) is 10.7. The summed E-state index contributed by atoms with van der Waals surface area (Å²) in [6, 6.07) is -0.225. The van der Waals surface area contributed by atoms with Gasteiger partial charge in [0, 0.05) is 6.04 Å². The summed E-state index contributed by atoms with van der Waals surface area (Å²) in [6.07, 6.45) is 2.84. The first-order valence-corrected chi connectivity index (χ1v) is 4.64. The van der Waals surface area contributed by atoms with Crippen LogP contribution in [0.2, 0.25) is 0 Å². The Morgan fingerprint density at radius 2 is 2.21 bits per heavy atom. The Hall–Kier alpha value is -1.39. The molecule has 1 aliphatic rings. The van der Waals surface area contributed by atoms with Gasteiger partial charge in [0.15, 0.2) is 0 Å². The smallest absolute Gasteiger partial charge is 0.242 e. The van der Waals surface area contributed by atoms with Gasteiger partial charge in [-0.2, -0.15) is 0 Å². The molecular weight excluding hydrogens is 184 g/mol. The van der Waals surface area contributed by atoms with E-state index in [1.807, 2.05) is 6.92 Å². The largest absolute Gasteiger partial charge is 0.350 e. The van der Waals surface area contributed by atoms with Gasteiger partial charge in [0.25, 0.3) is 0 Å². The molecule has 1 rings (SSSR count). The van der Waals surface area contributed by atoms with Crippen molar-refractivity contribution >= 4 is 18.6 Å². The van der Waals surface area contributed by atoms with E-state index in [9.17, 15) is 14.4 Å². The highest BCUT2D eigenvalue weighted by Crippen LogP contribution is 2.22. The molecule has 0 aromatic carbocycles. The molecule has 78 valence electrons. The fourth-order valence-corrected chi connectivity index (χ4v) is 1.80. The first-order chi connectivity index (χ1) is 6.70. The minimum atomic E-state index is -0.314. The molecule has 0 bridgehead atoms. The van der Waals surface area contributed by atoms with E-state index in [0.29, 0.717) is 6.41 Å². The van der Waals surface area contributed by atoms with Gasteiger partial charge in [0.1, 0.15) is 6.29 Å². The van der Waals surface area contributed by atoms with E-state index in [4.69, 9.17) is 0 Å². The van der Waals surface area contributed by atoms with Crippen LogP contribution in [0.15, 0.2) is 0 Å². The van der Waals surface area contributed by atoms with Crippen molar-refractivity contribution in [1.82, 2.24) is 10.2 Å². The Kier molecular flexibility index (Phi) is 3.62. The third kappa shape index (κ3) is 2.10. The average molecular weight is 198 g/mol. The number of hydrogen-bond donors (Lipinski definition) is 1. The van der Waals surface area contributed by atoms with Gasteiger partial charge >= 0.3 is 0 Å². The standard InChI is InChI=1S/C9H14N2O3/c1-7-2-3-8(5-12)11(7)9(14)4-10-6-13/h5-8H,2-4H2,1H3,(H,10,13). The van der Waals surface area contributed by atoms with Gasteiger partial charge in [-0.25, -0.2) is 0 Å². The summed E-state index contributed by atoms with van der Waals surface area (Å²) in [5, 5.41) is 2.30. The molecule has 5 nitrogen and oxygen atoms in total. The highest BCUT2D eigenvalue weighted by molar-refractivity contribution is 5.83. The number of rotatable bonds is 4. The number of nitrogens with one attached hydrogen (secondary N) is 1. The third-order valence-corrected chi connectivity index (χ3v) is 2.49. The first-order valence-electron chi connectivity index (χ1n) is 4.64. The molecule has 1 aliphatic heterocycles. The highest BCUT2D eigenvalue weighted by Gasteiger charge is 2.33. The van der Waals surface area contributed by atoms with Crippen molar-refractivity contribution in [3.63, 3.8) is 0 Å². The van der Waals surface area contributed by atoms with Crippen molar-refractivity contribution in [1.29, 1.82) is 0 Å². The SMILES string of the molecule is CC1CCC(C=O)N1C(=O)CNC=O. The second kappa shape index (κ2) is 4.74. The van der Waals surface area contributed by atoms with Crippen molar-refractivity contribution in [2.45, 2.75) is 31.8 Å². The van der Waals surface area contributed by atoms with Crippen molar-refractivity contribution in [3.8, 4) is 0 Å². The summed E-state index contributed by atoms with van der Waals surface area (Å²) >= 11 is 0. The van der Waals surface area contributed by atoms with Crippen LogP contribution in [0, 0.1) is 0 Å². The number of nitrogens with zero attached hydrogens (tertiary/aromatic N) is 1. The molecule has 0 aromatic rings. The number of carbonyl (C=O) groups excluding carboxylic acids is 3. The van der Waals surface area contributed by atoms with Crippen molar-refractivity contribution in [2.24, 2.45) is 0 Å². The lowest BCUT2D eigenvalue weighted by atomic mass is 10.2. The molecule has 2 unspecified atom stereocenters. The van der Waals surface area contributed by atoms with Gasteiger partial charge < -0.3 is 15.0 Å². The molecule has 2 atom stereocenters. The lowest BCUT2D eigenvalue weighted by Crippen LogP contribution is -2.44. The second-order valence-corrected chi connectivity index (χ2v) is 3.43. The molecule has 1 heterocycles. The van der Waals surface area contributed by atoms with Crippen molar-refractivity contribution in [2.75, 3.05) is 6.54 Å². The maximum Gasteiger partial charge on any atom is 0.242 e. The minimum Gasteiger partial charge on any atom is -0.350 e. The molecule has 5 heteroatoms. The summed E-state index contributed by atoms with van der Waals surface area (Å²) in [5.41, 5.74) is 0. The summed E-state index contributed by atoms with van der Waals surface area (Å²) < 4.78 is 0.